The van der Waals surface area contributed by atoms with Crippen molar-refractivity contribution in [3.8, 4) is 0 Å². The molecule has 0 atom stereocenters. The average Bonchev–Trinajstić information content (AvgIpc) is 2.04. The third-order valence-corrected chi connectivity index (χ3v) is 2.63. The number of esters is 1. The lowest BCUT2D eigenvalue weighted by Gasteiger charge is -2.44. The second-order valence-electron chi connectivity index (χ2n) is 3.32. The van der Waals surface area contributed by atoms with Crippen molar-refractivity contribution in [2.75, 3.05) is 20.8 Å². The zero-order valence-electron chi connectivity index (χ0n) is 8.42. The molecule has 1 fully saturated rings. The summed E-state index contributed by atoms with van der Waals surface area (Å²) >= 11 is 0. The molecule has 0 aromatic carbocycles. The van der Waals surface area contributed by atoms with E-state index < -0.39 is 5.54 Å². The summed E-state index contributed by atoms with van der Waals surface area (Å²) in [7, 11) is 3.44. The minimum Gasteiger partial charge on any atom is -0.465 e. The highest BCUT2D eigenvalue weighted by molar-refractivity contribution is 5.82. The Balaban J connectivity index is 2.49. The summed E-state index contributed by atoms with van der Waals surface area (Å²) in [5, 5.41) is 3.01. The summed E-state index contributed by atoms with van der Waals surface area (Å²) in [4.78, 5) is 11.5. The van der Waals surface area contributed by atoms with E-state index in [9.17, 15) is 4.79 Å². The number of carbonyl (C=O) groups is 1. The van der Waals surface area contributed by atoms with E-state index in [0.29, 0.717) is 19.4 Å². The summed E-state index contributed by atoms with van der Waals surface area (Å²) in [5.41, 5.74) is -0.489. The van der Waals surface area contributed by atoms with Crippen LogP contribution >= 0.6 is 0 Å². The predicted octanol–water partition coefficient (Wildman–Crippen LogP) is 0.317. The van der Waals surface area contributed by atoms with Crippen molar-refractivity contribution < 1.29 is 14.3 Å². The summed E-state index contributed by atoms with van der Waals surface area (Å²) in [5.74, 6) is -0.161. The van der Waals surface area contributed by atoms with Gasteiger partial charge in [-0.15, -0.1) is 0 Å². The second kappa shape index (κ2) is 4.07. The summed E-state index contributed by atoms with van der Waals surface area (Å²) < 4.78 is 10.1. The first-order valence-corrected chi connectivity index (χ1v) is 4.57. The van der Waals surface area contributed by atoms with Gasteiger partial charge in [0.25, 0.3) is 0 Å². The van der Waals surface area contributed by atoms with Crippen LogP contribution < -0.4 is 5.32 Å². The molecule has 0 bridgehead atoms. The topological polar surface area (TPSA) is 47.6 Å². The van der Waals surface area contributed by atoms with Crippen molar-refractivity contribution in [2.45, 2.75) is 31.4 Å². The molecule has 1 N–H and O–H groups in total. The van der Waals surface area contributed by atoms with Crippen LogP contribution in [0.15, 0.2) is 0 Å². The molecule has 0 saturated heterocycles. The number of likely N-dealkylation sites (N-methyl/N-ethyl adjacent to an activating group) is 1. The van der Waals surface area contributed by atoms with E-state index in [4.69, 9.17) is 9.47 Å². The van der Waals surface area contributed by atoms with Crippen LogP contribution in [0, 0.1) is 0 Å². The van der Waals surface area contributed by atoms with E-state index in [1.54, 1.807) is 14.2 Å². The largest absolute Gasteiger partial charge is 0.465 e. The van der Waals surface area contributed by atoms with E-state index in [2.05, 4.69) is 5.32 Å². The average molecular weight is 187 g/mol. The van der Waals surface area contributed by atoms with E-state index in [0.717, 1.165) is 0 Å². The molecule has 1 saturated carbocycles. The molecule has 0 spiro atoms. The van der Waals surface area contributed by atoms with Gasteiger partial charge in [0.1, 0.15) is 5.54 Å². The van der Waals surface area contributed by atoms with Gasteiger partial charge in [0, 0.05) is 20.0 Å². The normalized spacial score (nSPS) is 32.4. The molecule has 0 unspecified atom stereocenters. The van der Waals surface area contributed by atoms with Gasteiger partial charge in [-0.1, -0.05) is 0 Å². The minimum atomic E-state index is -0.489. The highest BCUT2D eigenvalue weighted by Crippen LogP contribution is 2.34. The molecule has 0 radical (unpaired) electrons. The summed E-state index contributed by atoms with van der Waals surface area (Å²) in [6.07, 6.45) is 1.61. The number of hydrogen-bond donors (Lipinski definition) is 1. The minimum absolute atomic E-state index is 0.161. The second-order valence-corrected chi connectivity index (χ2v) is 3.32. The summed E-state index contributed by atoms with van der Waals surface area (Å²) in [6, 6.07) is 0. The maximum absolute atomic E-state index is 11.5. The van der Waals surface area contributed by atoms with Gasteiger partial charge in [0.05, 0.1) is 12.7 Å². The molecule has 0 aliphatic heterocycles. The third kappa shape index (κ3) is 1.84. The molecule has 4 heteroatoms. The van der Waals surface area contributed by atoms with Crippen LogP contribution in [0.25, 0.3) is 0 Å². The third-order valence-electron chi connectivity index (χ3n) is 2.63. The van der Waals surface area contributed by atoms with Crippen LogP contribution in [0.2, 0.25) is 0 Å². The number of nitrogens with one attached hydrogen (secondary N) is 1. The molecule has 0 heterocycles. The smallest absolute Gasteiger partial charge is 0.326 e. The van der Waals surface area contributed by atoms with Gasteiger partial charge in [-0.2, -0.15) is 0 Å². The lowest BCUT2D eigenvalue weighted by molar-refractivity contribution is -0.162. The fourth-order valence-electron chi connectivity index (χ4n) is 1.63. The zero-order chi connectivity index (χ0) is 9.90. The van der Waals surface area contributed by atoms with Crippen molar-refractivity contribution >= 4 is 5.97 Å². The van der Waals surface area contributed by atoms with E-state index in [1.165, 1.54) is 0 Å². The van der Waals surface area contributed by atoms with Gasteiger partial charge < -0.3 is 14.8 Å². The van der Waals surface area contributed by atoms with Gasteiger partial charge in [0.15, 0.2) is 0 Å². The van der Waals surface area contributed by atoms with Gasteiger partial charge >= 0.3 is 5.97 Å². The van der Waals surface area contributed by atoms with Crippen LogP contribution in [-0.2, 0) is 14.3 Å². The predicted molar refractivity (Wildman–Crippen MR) is 48.5 cm³/mol. The first-order valence-electron chi connectivity index (χ1n) is 4.57. The molecule has 0 aromatic heterocycles. The van der Waals surface area contributed by atoms with Crippen LogP contribution in [0.5, 0.6) is 0 Å². The van der Waals surface area contributed by atoms with E-state index in [1.807, 2.05) is 6.92 Å². The monoisotopic (exact) mass is 187 g/mol. The first-order chi connectivity index (χ1) is 6.18. The Bertz CT molecular complexity index is 187. The number of rotatable bonds is 4. The molecular weight excluding hydrogens is 170 g/mol. The molecule has 0 aromatic rings. The Morgan fingerprint density at radius 1 is 1.62 bits per heavy atom. The van der Waals surface area contributed by atoms with E-state index >= 15 is 0 Å². The van der Waals surface area contributed by atoms with Crippen molar-refractivity contribution in [1.82, 2.24) is 5.32 Å². The Labute approximate surface area is 78.6 Å². The van der Waals surface area contributed by atoms with Crippen molar-refractivity contribution in [1.29, 1.82) is 0 Å². The van der Waals surface area contributed by atoms with Gasteiger partial charge in [-0.25, -0.2) is 0 Å². The van der Waals surface area contributed by atoms with Crippen LogP contribution in [0.1, 0.15) is 19.8 Å². The Kier molecular flexibility index (Phi) is 3.27. The van der Waals surface area contributed by atoms with Crippen molar-refractivity contribution in [2.24, 2.45) is 0 Å². The number of hydrogen-bond acceptors (Lipinski definition) is 4. The van der Waals surface area contributed by atoms with Crippen LogP contribution in [0.3, 0.4) is 0 Å². The van der Waals surface area contributed by atoms with Crippen molar-refractivity contribution in [3.63, 3.8) is 0 Å². The standard InChI is InChI=1S/C9H17NO3/c1-4-13-8(11)9(10-2)5-7(6-9)12-3/h7,10H,4-6H2,1-3H3. The SMILES string of the molecule is CCOC(=O)C1(NC)CC(OC)C1. The van der Waals surface area contributed by atoms with Crippen LogP contribution in [-0.4, -0.2) is 38.4 Å². The highest BCUT2D eigenvalue weighted by atomic mass is 16.5. The zero-order valence-corrected chi connectivity index (χ0v) is 8.42. The van der Waals surface area contributed by atoms with Gasteiger partial charge in [0.2, 0.25) is 0 Å². The molecule has 1 rings (SSSR count). The highest BCUT2D eigenvalue weighted by Gasteiger charge is 2.50. The maximum Gasteiger partial charge on any atom is 0.326 e. The molecule has 0 amide bonds. The molecule has 13 heavy (non-hydrogen) atoms. The quantitative estimate of drug-likeness (QED) is 0.644. The molecule has 76 valence electrons. The van der Waals surface area contributed by atoms with Gasteiger partial charge in [-0.05, 0) is 14.0 Å². The molecule has 1 aliphatic carbocycles. The Morgan fingerprint density at radius 2 is 2.23 bits per heavy atom. The first kappa shape index (κ1) is 10.5. The Hall–Kier alpha value is -0.610. The summed E-state index contributed by atoms with van der Waals surface area (Å²) in [6.45, 7) is 2.24. The Morgan fingerprint density at radius 3 is 2.62 bits per heavy atom. The maximum atomic E-state index is 11.5. The number of methoxy groups -OCH3 is 1. The van der Waals surface area contributed by atoms with Gasteiger partial charge in [-0.3, -0.25) is 4.79 Å². The number of ether oxygens (including phenoxy) is 2. The van der Waals surface area contributed by atoms with Crippen LogP contribution in [0.4, 0.5) is 0 Å². The molecular formula is C9H17NO3. The molecule has 1 aliphatic rings. The fraction of sp³-hybridized carbons (Fsp3) is 0.889. The lowest BCUT2D eigenvalue weighted by Crippen LogP contribution is -2.62. The lowest BCUT2D eigenvalue weighted by atomic mass is 9.74. The fourth-order valence-corrected chi connectivity index (χ4v) is 1.63. The molecule has 4 nitrogen and oxygen atoms in total. The van der Waals surface area contributed by atoms with Crippen molar-refractivity contribution in [3.05, 3.63) is 0 Å². The van der Waals surface area contributed by atoms with E-state index in [-0.39, 0.29) is 12.1 Å². The number of carbonyl (C=O) groups excluding carboxylic acids is 1.